The van der Waals surface area contributed by atoms with Crippen LogP contribution in [0.2, 0.25) is 0 Å². The van der Waals surface area contributed by atoms with E-state index in [4.69, 9.17) is 10.5 Å². The van der Waals surface area contributed by atoms with Crippen molar-refractivity contribution in [1.82, 2.24) is 4.57 Å². The fourth-order valence-corrected chi connectivity index (χ4v) is 3.55. The van der Waals surface area contributed by atoms with Gasteiger partial charge in [-0.2, -0.15) is 0 Å². The highest BCUT2D eigenvalue weighted by Crippen LogP contribution is 2.28. The van der Waals surface area contributed by atoms with E-state index in [1.165, 1.54) is 11.3 Å². The van der Waals surface area contributed by atoms with Crippen LogP contribution in [0.3, 0.4) is 0 Å². The molecule has 0 amide bonds. The summed E-state index contributed by atoms with van der Waals surface area (Å²) in [6.07, 6.45) is 5.45. The third kappa shape index (κ3) is 6.04. The van der Waals surface area contributed by atoms with Crippen LogP contribution in [0.15, 0.2) is 85.0 Å². The summed E-state index contributed by atoms with van der Waals surface area (Å²) in [7, 11) is 0. The molecule has 2 N–H and O–H groups in total. The topological polar surface area (TPSA) is 57.2 Å². The predicted molar refractivity (Wildman–Crippen MR) is 141 cm³/mol. The first kappa shape index (κ1) is 25.7. The molecule has 2 rings (SSSR count). The molecule has 2 aromatic rings. The fraction of sp³-hybridized carbons (Fsp3) is 0.276. The molecule has 0 bridgehead atoms. The zero-order chi connectivity index (χ0) is 25.1. The van der Waals surface area contributed by atoms with Gasteiger partial charge in [0.15, 0.2) is 0 Å². The van der Waals surface area contributed by atoms with Gasteiger partial charge in [0.2, 0.25) is 0 Å². The highest BCUT2D eigenvalue weighted by molar-refractivity contribution is 5.95. The average Bonchev–Trinajstić information content (AvgIpc) is 2.95. The molecule has 0 fully saturated rings. The van der Waals surface area contributed by atoms with Gasteiger partial charge in [-0.3, -0.25) is 0 Å². The van der Waals surface area contributed by atoms with Crippen molar-refractivity contribution in [2.24, 2.45) is 5.73 Å². The number of esters is 1. The van der Waals surface area contributed by atoms with Crippen molar-refractivity contribution in [1.29, 1.82) is 0 Å². The lowest BCUT2D eigenvalue weighted by Crippen LogP contribution is -2.25. The normalized spacial score (nSPS) is 12.2. The zero-order valence-electron chi connectivity index (χ0n) is 20.8. The van der Waals surface area contributed by atoms with Crippen molar-refractivity contribution in [2.75, 3.05) is 0 Å². The number of hydrogen-bond acceptors (Lipinski definition) is 3. The number of fused-ring (bicyclic) bond motifs is 1. The minimum absolute atomic E-state index is 0.408. The van der Waals surface area contributed by atoms with Crippen LogP contribution in [0.25, 0.3) is 16.6 Å². The summed E-state index contributed by atoms with van der Waals surface area (Å²) in [6, 6.07) is 6.13. The van der Waals surface area contributed by atoms with Crippen molar-refractivity contribution in [3.05, 3.63) is 102 Å². The van der Waals surface area contributed by atoms with Gasteiger partial charge in [0.1, 0.15) is 5.60 Å². The SMILES string of the molecule is C=C(/C=C\C(=C)C(=C)/C(=C\C)C(=O)OC(C)(C)C)Cn1c(C)c(C)c2cc(C(=C)N)ccc21. The van der Waals surface area contributed by atoms with E-state index in [1.54, 1.807) is 13.0 Å². The molecule has 0 aliphatic rings. The fourth-order valence-electron chi connectivity index (χ4n) is 3.55. The standard InChI is InChI=1S/C29H36N2O2/c1-11-25(28(32)33-29(8,9)10)20(4)19(3)13-12-18(2)17-31-23(7)21(5)26-16-24(22(6)30)14-15-27(26)31/h11-16H,2-4,6,17,30H2,1,5,7-10H3/b13-12-,25-11+. The Morgan fingerprint density at radius 1 is 1.12 bits per heavy atom. The molecule has 174 valence electrons. The van der Waals surface area contributed by atoms with Crippen LogP contribution >= 0.6 is 0 Å². The molecule has 0 radical (unpaired) electrons. The molecular formula is C29H36N2O2. The molecule has 33 heavy (non-hydrogen) atoms. The van der Waals surface area contributed by atoms with Crippen molar-refractivity contribution < 1.29 is 9.53 Å². The highest BCUT2D eigenvalue weighted by atomic mass is 16.6. The third-order valence-electron chi connectivity index (χ3n) is 5.51. The molecule has 0 atom stereocenters. The number of ether oxygens (including phenoxy) is 1. The summed E-state index contributed by atoms with van der Waals surface area (Å²) in [5.74, 6) is -0.409. The molecule has 0 saturated heterocycles. The number of hydrogen-bond donors (Lipinski definition) is 1. The van der Waals surface area contributed by atoms with Gasteiger partial charge in [0, 0.05) is 28.8 Å². The van der Waals surface area contributed by atoms with Gasteiger partial charge in [-0.25, -0.2) is 4.79 Å². The lowest BCUT2D eigenvalue weighted by Gasteiger charge is -2.21. The first-order chi connectivity index (χ1) is 15.3. The Balaban J connectivity index is 2.20. The van der Waals surface area contributed by atoms with E-state index < -0.39 is 11.6 Å². The molecule has 0 saturated carbocycles. The number of carbonyl (C=O) groups is 1. The molecular weight excluding hydrogens is 408 g/mol. The predicted octanol–water partition coefficient (Wildman–Crippen LogP) is 6.70. The number of nitrogens with two attached hydrogens (primary N) is 1. The summed E-state index contributed by atoms with van der Waals surface area (Å²) in [5.41, 5.74) is 12.8. The van der Waals surface area contributed by atoms with Crippen molar-refractivity contribution in [3.8, 4) is 0 Å². The average molecular weight is 445 g/mol. The Morgan fingerprint density at radius 3 is 2.30 bits per heavy atom. The van der Waals surface area contributed by atoms with E-state index in [1.807, 2.05) is 39.0 Å². The zero-order valence-corrected chi connectivity index (χ0v) is 20.8. The van der Waals surface area contributed by atoms with Crippen LogP contribution in [0, 0.1) is 13.8 Å². The van der Waals surface area contributed by atoms with E-state index in [0.29, 0.717) is 29.0 Å². The Morgan fingerprint density at radius 2 is 1.76 bits per heavy atom. The van der Waals surface area contributed by atoms with Gasteiger partial charge in [-0.15, -0.1) is 0 Å². The number of aryl methyl sites for hydroxylation is 1. The number of aromatic nitrogens is 1. The van der Waals surface area contributed by atoms with Crippen LogP contribution in [-0.2, 0) is 16.1 Å². The Hall–Kier alpha value is -3.53. The van der Waals surface area contributed by atoms with E-state index in [-0.39, 0.29) is 0 Å². The quantitative estimate of drug-likeness (QED) is 0.280. The maximum absolute atomic E-state index is 12.5. The second kappa shape index (κ2) is 9.95. The second-order valence-corrected chi connectivity index (χ2v) is 9.25. The Labute approximate surface area is 198 Å². The number of carbonyl (C=O) groups excluding carboxylic acids is 1. The van der Waals surface area contributed by atoms with Gasteiger partial charge < -0.3 is 15.0 Å². The summed E-state index contributed by atoms with van der Waals surface area (Å²) in [4.78, 5) is 12.5. The molecule has 4 heteroatoms. The molecule has 1 aromatic heterocycles. The van der Waals surface area contributed by atoms with Gasteiger partial charge in [-0.05, 0) is 81.5 Å². The minimum atomic E-state index is -0.579. The minimum Gasteiger partial charge on any atom is -0.456 e. The summed E-state index contributed by atoms with van der Waals surface area (Å²) in [5, 5.41) is 1.15. The van der Waals surface area contributed by atoms with Gasteiger partial charge in [-0.1, -0.05) is 50.6 Å². The summed E-state index contributed by atoms with van der Waals surface area (Å²) < 4.78 is 7.71. The van der Waals surface area contributed by atoms with Crippen molar-refractivity contribution in [3.63, 3.8) is 0 Å². The monoisotopic (exact) mass is 444 g/mol. The number of benzene rings is 1. The molecule has 1 aromatic carbocycles. The molecule has 4 nitrogen and oxygen atoms in total. The van der Waals surface area contributed by atoms with Crippen LogP contribution < -0.4 is 5.73 Å². The molecule has 0 aliphatic heterocycles. The number of rotatable bonds is 8. The summed E-state index contributed by atoms with van der Waals surface area (Å²) >= 11 is 0. The van der Waals surface area contributed by atoms with Crippen LogP contribution in [0.1, 0.15) is 44.5 Å². The molecule has 0 aliphatic carbocycles. The van der Waals surface area contributed by atoms with E-state index in [9.17, 15) is 4.79 Å². The second-order valence-electron chi connectivity index (χ2n) is 9.25. The maximum atomic E-state index is 12.5. The number of nitrogens with zero attached hydrogens (tertiary/aromatic N) is 1. The maximum Gasteiger partial charge on any atom is 0.338 e. The van der Waals surface area contributed by atoms with Gasteiger partial charge in [0.05, 0.1) is 5.57 Å². The molecule has 1 heterocycles. The van der Waals surface area contributed by atoms with Crippen molar-refractivity contribution >= 4 is 22.6 Å². The van der Waals surface area contributed by atoms with Gasteiger partial charge >= 0.3 is 5.97 Å². The Kier molecular flexibility index (Phi) is 7.76. The van der Waals surface area contributed by atoms with Crippen LogP contribution in [-0.4, -0.2) is 16.1 Å². The van der Waals surface area contributed by atoms with Crippen molar-refractivity contribution in [2.45, 2.75) is 53.7 Å². The lowest BCUT2D eigenvalue weighted by atomic mass is 9.99. The van der Waals surface area contributed by atoms with Crippen LogP contribution in [0.4, 0.5) is 0 Å². The van der Waals surface area contributed by atoms with Gasteiger partial charge in [0.25, 0.3) is 0 Å². The molecule has 0 unspecified atom stereocenters. The smallest absolute Gasteiger partial charge is 0.338 e. The third-order valence-corrected chi connectivity index (χ3v) is 5.51. The van der Waals surface area contributed by atoms with E-state index in [2.05, 4.69) is 56.9 Å². The highest BCUT2D eigenvalue weighted by Gasteiger charge is 2.21. The van der Waals surface area contributed by atoms with Crippen LogP contribution in [0.5, 0.6) is 0 Å². The van der Waals surface area contributed by atoms with E-state index >= 15 is 0 Å². The first-order valence-corrected chi connectivity index (χ1v) is 10.9. The largest absolute Gasteiger partial charge is 0.456 e. The van der Waals surface area contributed by atoms with E-state index in [0.717, 1.165) is 22.0 Å². The summed E-state index contributed by atoms with van der Waals surface area (Å²) in [6.45, 7) is 28.3. The first-order valence-electron chi connectivity index (χ1n) is 10.9. The Bertz CT molecular complexity index is 1210. The number of allylic oxidation sites excluding steroid dienone is 5. The molecule has 0 spiro atoms. The lowest BCUT2D eigenvalue weighted by molar-refractivity contribution is -0.149.